The van der Waals surface area contributed by atoms with E-state index < -0.39 is 0 Å². The SMILES string of the molecule is COCC[N+]1(C(=O)c2cccc(N)c2N)CCNCC1. The lowest BCUT2D eigenvalue weighted by Crippen LogP contribution is -2.62. The zero-order valence-electron chi connectivity index (χ0n) is 11.9. The number of methoxy groups -OCH3 is 1. The molecule has 1 saturated heterocycles. The van der Waals surface area contributed by atoms with Gasteiger partial charge in [-0.15, -0.1) is 0 Å². The third kappa shape index (κ3) is 2.77. The maximum absolute atomic E-state index is 13.0. The van der Waals surface area contributed by atoms with Gasteiger partial charge in [-0.3, -0.25) is 4.48 Å². The number of hydrogen-bond donors (Lipinski definition) is 3. The molecule has 2 rings (SSSR count). The zero-order valence-corrected chi connectivity index (χ0v) is 11.9. The largest absolute Gasteiger partial charge is 0.397 e. The molecule has 0 bridgehead atoms. The summed E-state index contributed by atoms with van der Waals surface area (Å²) >= 11 is 0. The van der Waals surface area contributed by atoms with Crippen molar-refractivity contribution < 1.29 is 14.0 Å². The lowest BCUT2D eigenvalue weighted by atomic mass is 10.1. The Morgan fingerprint density at radius 2 is 2.05 bits per heavy atom. The Hall–Kier alpha value is -1.63. The molecule has 1 amide bonds. The molecule has 0 atom stereocenters. The zero-order chi connectivity index (χ0) is 14.6. The van der Waals surface area contributed by atoms with Crippen molar-refractivity contribution in [3.8, 4) is 0 Å². The second-order valence-corrected chi connectivity index (χ2v) is 5.17. The van der Waals surface area contributed by atoms with Crippen LogP contribution >= 0.6 is 0 Å². The molecule has 1 aromatic rings. The molecule has 0 saturated carbocycles. The van der Waals surface area contributed by atoms with Gasteiger partial charge in [0.2, 0.25) is 0 Å². The summed E-state index contributed by atoms with van der Waals surface area (Å²) in [4.78, 5) is 13.0. The first kappa shape index (κ1) is 14.8. The number of anilines is 2. The van der Waals surface area contributed by atoms with E-state index in [1.54, 1.807) is 25.3 Å². The Bertz CT molecular complexity index is 484. The van der Waals surface area contributed by atoms with Crippen molar-refractivity contribution >= 4 is 17.3 Å². The van der Waals surface area contributed by atoms with E-state index in [-0.39, 0.29) is 5.91 Å². The van der Waals surface area contributed by atoms with Crippen LogP contribution in [0.1, 0.15) is 10.4 Å². The molecular formula is C14H23N4O2+. The molecule has 0 aliphatic carbocycles. The fourth-order valence-corrected chi connectivity index (χ4v) is 2.64. The van der Waals surface area contributed by atoms with Gasteiger partial charge in [-0.1, -0.05) is 6.07 Å². The van der Waals surface area contributed by atoms with Gasteiger partial charge in [-0.2, -0.15) is 0 Å². The number of nitrogen functional groups attached to an aromatic ring is 2. The van der Waals surface area contributed by atoms with Crippen LogP contribution in [0.2, 0.25) is 0 Å². The van der Waals surface area contributed by atoms with E-state index in [2.05, 4.69) is 5.32 Å². The molecule has 0 spiro atoms. The third-order valence-electron chi connectivity index (χ3n) is 3.96. The van der Waals surface area contributed by atoms with Crippen molar-refractivity contribution in [2.24, 2.45) is 0 Å². The maximum atomic E-state index is 13.0. The molecular weight excluding hydrogens is 256 g/mol. The van der Waals surface area contributed by atoms with Gasteiger partial charge >= 0.3 is 5.91 Å². The van der Waals surface area contributed by atoms with Gasteiger partial charge in [0.25, 0.3) is 0 Å². The number of para-hydroxylation sites is 1. The van der Waals surface area contributed by atoms with Crippen LogP contribution in [0.3, 0.4) is 0 Å². The summed E-state index contributed by atoms with van der Waals surface area (Å²) in [6.07, 6.45) is 0. The smallest absolute Gasteiger partial charge is 0.348 e. The molecule has 1 aliphatic heterocycles. The maximum Gasteiger partial charge on any atom is 0.348 e. The molecule has 1 aromatic carbocycles. The minimum atomic E-state index is 0.0355. The van der Waals surface area contributed by atoms with Crippen LogP contribution in [0.4, 0.5) is 11.4 Å². The highest BCUT2D eigenvalue weighted by Gasteiger charge is 2.39. The second kappa shape index (κ2) is 6.21. The van der Waals surface area contributed by atoms with Crippen molar-refractivity contribution in [1.29, 1.82) is 0 Å². The number of nitrogens with two attached hydrogens (primary N) is 2. The van der Waals surface area contributed by atoms with E-state index in [0.29, 0.717) is 34.6 Å². The van der Waals surface area contributed by atoms with Crippen LogP contribution in [0, 0.1) is 0 Å². The van der Waals surface area contributed by atoms with E-state index in [1.807, 2.05) is 0 Å². The highest BCUT2D eigenvalue weighted by molar-refractivity contribution is 5.97. The van der Waals surface area contributed by atoms with Gasteiger partial charge in [0.1, 0.15) is 12.1 Å². The third-order valence-corrected chi connectivity index (χ3v) is 3.96. The number of quaternary nitrogens is 1. The standard InChI is InChI=1S/C14H22N4O2/c1-20-10-9-18(7-5-17-6-8-18)14(19)11-3-2-4-12(15)13(11)16/h2-4,17H,5-10,15H2,1H3,(H-,16,19)/p+1. The van der Waals surface area contributed by atoms with Crippen LogP contribution in [-0.2, 0) is 4.74 Å². The molecule has 20 heavy (non-hydrogen) atoms. The normalized spacial score (nSPS) is 17.9. The van der Waals surface area contributed by atoms with Crippen LogP contribution in [0.5, 0.6) is 0 Å². The van der Waals surface area contributed by atoms with Crippen molar-refractivity contribution in [1.82, 2.24) is 5.32 Å². The summed E-state index contributed by atoms with van der Waals surface area (Å²) in [6, 6.07) is 5.24. The molecule has 5 N–H and O–H groups in total. The predicted molar refractivity (Wildman–Crippen MR) is 79.2 cm³/mol. The first-order valence-corrected chi connectivity index (χ1v) is 6.85. The van der Waals surface area contributed by atoms with Gasteiger partial charge in [0.15, 0.2) is 0 Å². The topological polar surface area (TPSA) is 90.4 Å². The van der Waals surface area contributed by atoms with Crippen molar-refractivity contribution in [3.05, 3.63) is 23.8 Å². The summed E-state index contributed by atoms with van der Waals surface area (Å²) in [5, 5.41) is 3.28. The average molecular weight is 279 g/mol. The molecule has 1 heterocycles. The Balaban J connectivity index is 2.32. The lowest BCUT2D eigenvalue weighted by molar-refractivity contribution is -0.851. The first-order chi connectivity index (χ1) is 9.60. The van der Waals surface area contributed by atoms with Crippen LogP contribution < -0.4 is 16.8 Å². The minimum absolute atomic E-state index is 0.0355. The van der Waals surface area contributed by atoms with E-state index >= 15 is 0 Å². The number of nitrogens with one attached hydrogen (secondary N) is 1. The van der Waals surface area contributed by atoms with Crippen molar-refractivity contribution in [3.63, 3.8) is 0 Å². The molecule has 6 nitrogen and oxygen atoms in total. The van der Waals surface area contributed by atoms with E-state index in [4.69, 9.17) is 16.2 Å². The number of hydrogen-bond acceptors (Lipinski definition) is 5. The first-order valence-electron chi connectivity index (χ1n) is 6.85. The number of benzene rings is 1. The molecule has 0 aromatic heterocycles. The number of carbonyl (C=O) groups is 1. The van der Waals surface area contributed by atoms with Crippen molar-refractivity contribution in [2.75, 3.05) is 57.9 Å². The van der Waals surface area contributed by atoms with Gasteiger partial charge in [-0.05, 0) is 12.1 Å². The molecule has 0 unspecified atom stereocenters. The van der Waals surface area contributed by atoms with E-state index in [1.165, 1.54) is 0 Å². The van der Waals surface area contributed by atoms with E-state index in [0.717, 1.165) is 26.2 Å². The lowest BCUT2D eigenvalue weighted by Gasteiger charge is -2.39. The summed E-state index contributed by atoms with van der Waals surface area (Å²) < 4.78 is 5.53. The Morgan fingerprint density at radius 3 is 2.70 bits per heavy atom. The number of amides is 1. The number of ether oxygens (including phenoxy) is 1. The monoisotopic (exact) mass is 279 g/mol. The molecule has 6 heteroatoms. The fraction of sp³-hybridized carbons (Fsp3) is 0.500. The van der Waals surface area contributed by atoms with Crippen LogP contribution in [0.25, 0.3) is 0 Å². The average Bonchev–Trinajstić information content (AvgIpc) is 2.48. The van der Waals surface area contributed by atoms with Gasteiger partial charge in [0.05, 0.1) is 31.1 Å². The molecule has 1 fully saturated rings. The van der Waals surface area contributed by atoms with Gasteiger partial charge < -0.3 is 21.5 Å². The molecule has 1 aliphatic rings. The van der Waals surface area contributed by atoms with Gasteiger partial charge in [0, 0.05) is 20.2 Å². The molecule has 0 radical (unpaired) electrons. The van der Waals surface area contributed by atoms with Crippen LogP contribution in [-0.4, -0.2) is 56.8 Å². The second-order valence-electron chi connectivity index (χ2n) is 5.17. The Labute approximate surface area is 119 Å². The van der Waals surface area contributed by atoms with E-state index in [9.17, 15) is 4.79 Å². The summed E-state index contributed by atoms with van der Waals surface area (Å²) in [5.74, 6) is 0.0355. The van der Waals surface area contributed by atoms with Crippen LogP contribution in [0.15, 0.2) is 18.2 Å². The Kier molecular flexibility index (Phi) is 4.59. The fourth-order valence-electron chi connectivity index (χ4n) is 2.64. The number of rotatable bonds is 4. The highest BCUT2D eigenvalue weighted by Crippen LogP contribution is 2.24. The number of nitrogens with zero attached hydrogens (tertiary/aromatic N) is 1. The van der Waals surface area contributed by atoms with Gasteiger partial charge in [-0.25, -0.2) is 4.79 Å². The summed E-state index contributed by atoms with van der Waals surface area (Å²) in [7, 11) is 1.65. The summed E-state index contributed by atoms with van der Waals surface area (Å²) in [5.41, 5.74) is 13.1. The Morgan fingerprint density at radius 1 is 1.35 bits per heavy atom. The molecule has 110 valence electrons. The number of piperazine rings is 1. The minimum Gasteiger partial charge on any atom is -0.397 e. The highest BCUT2D eigenvalue weighted by atomic mass is 16.5. The van der Waals surface area contributed by atoms with Crippen molar-refractivity contribution in [2.45, 2.75) is 0 Å². The predicted octanol–water partition coefficient (Wildman–Crippen LogP) is 0.0576. The number of carbonyl (C=O) groups excluding carboxylic acids is 1. The quantitative estimate of drug-likeness (QED) is 0.535. The summed E-state index contributed by atoms with van der Waals surface area (Å²) in [6.45, 7) is 4.33.